The van der Waals surface area contributed by atoms with Crippen molar-refractivity contribution in [2.24, 2.45) is 22.7 Å². The van der Waals surface area contributed by atoms with E-state index in [4.69, 9.17) is 0 Å². The largest absolute Gasteiger partial charge is 0.303 e. The SMILES string of the molecule is CC1(C)CCC(=O)C(CN2CCCC(C(C)(C)C)CC2)C1. The maximum absolute atomic E-state index is 12.2. The standard InChI is InChI=1S/C19H35NO/c1-18(2,3)16-7-6-11-20(12-9-16)14-15-13-19(4,5)10-8-17(15)21/h15-16H,6-14H2,1-5H3. The Hall–Kier alpha value is -0.370. The van der Waals surface area contributed by atoms with Gasteiger partial charge in [0, 0.05) is 18.9 Å². The second-order valence-electron chi connectivity index (χ2n) is 9.33. The third-order valence-electron chi connectivity index (χ3n) is 5.83. The van der Waals surface area contributed by atoms with Crippen molar-refractivity contribution in [3.05, 3.63) is 0 Å². The van der Waals surface area contributed by atoms with Crippen molar-refractivity contribution in [3.63, 3.8) is 0 Å². The molecule has 0 aromatic heterocycles. The fraction of sp³-hybridized carbons (Fsp3) is 0.947. The lowest BCUT2D eigenvalue weighted by Crippen LogP contribution is -2.39. The van der Waals surface area contributed by atoms with Gasteiger partial charge in [0.2, 0.25) is 0 Å². The van der Waals surface area contributed by atoms with Gasteiger partial charge in [-0.1, -0.05) is 34.6 Å². The maximum Gasteiger partial charge on any atom is 0.137 e. The lowest BCUT2D eigenvalue weighted by Gasteiger charge is -2.36. The van der Waals surface area contributed by atoms with E-state index >= 15 is 0 Å². The van der Waals surface area contributed by atoms with E-state index in [0.29, 0.717) is 22.5 Å². The lowest BCUT2D eigenvalue weighted by atomic mass is 9.71. The molecule has 2 fully saturated rings. The fourth-order valence-electron chi connectivity index (χ4n) is 4.23. The van der Waals surface area contributed by atoms with E-state index in [0.717, 1.165) is 31.7 Å². The predicted octanol–water partition coefficient (Wildman–Crippen LogP) is 4.53. The number of hydrogen-bond donors (Lipinski definition) is 0. The molecule has 122 valence electrons. The summed E-state index contributed by atoms with van der Waals surface area (Å²) in [6, 6.07) is 0. The van der Waals surface area contributed by atoms with Gasteiger partial charge in [-0.05, 0) is 61.9 Å². The minimum absolute atomic E-state index is 0.292. The molecule has 2 atom stereocenters. The summed E-state index contributed by atoms with van der Waals surface area (Å²) in [5.74, 6) is 1.65. The van der Waals surface area contributed by atoms with Gasteiger partial charge in [-0.3, -0.25) is 4.79 Å². The molecule has 2 nitrogen and oxygen atoms in total. The zero-order chi connectivity index (χ0) is 15.7. The van der Waals surface area contributed by atoms with Crippen LogP contribution in [0.2, 0.25) is 0 Å². The minimum Gasteiger partial charge on any atom is -0.303 e. The third-order valence-corrected chi connectivity index (χ3v) is 5.83. The molecule has 1 heterocycles. The Bertz CT molecular complexity index is 366. The Kier molecular flexibility index (Phi) is 5.18. The van der Waals surface area contributed by atoms with Crippen molar-refractivity contribution in [1.29, 1.82) is 0 Å². The van der Waals surface area contributed by atoms with Crippen LogP contribution >= 0.6 is 0 Å². The van der Waals surface area contributed by atoms with Crippen LogP contribution in [0.5, 0.6) is 0 Å². The third kappa shape index (κ3) is 4.81. The Labute approximate surface area is 131 Å². The molecule has 0 radical (unpaired) electrons. The molecule has 0 amide bonds. The summed E-state index contributed by atoms with van der Waals surface area (Å²) < 4.78 is 0. The first-order valence-corrected chi connectivity index (χ1v) is 8.92. The minimum atomic E-state index is 0.292. The smallest absolute Gasteiger partial charge is 0.137 e. The summed E-state index contributed by atoms with van der Waals surface area (Å²) in [5, 5.41) is 0. The first-order chi connectivity index (χ1) is 9.67. The topological polar surface area (TPSA) is 20.3 Å². The highest BCUT2D eigenvalue weighted by Crippen LogP contribution is 2.38. The molecule has 0 N–H and O–H groups in total. The first kappa shape index (κ1) is 17.0. The van der Waals surface area contributed by atoms with Gasteiger partial charge in [0.1, 0.15) is 5.78 Å². The molecule has 1 aliphatic carbocycles. The van der Waals surface area contributed by atoms with Crippen LogP contribution < -0.4 is 0 Å². The second kappa shape index (κ2) is 6.40. The zero-order valence-electron chi connectivity index (χ0n) is 14.9. The number of carbonyl (C=O) groups excluding carboxylic acids is 1. The highest BCUT2D eigenvalue weighted by molar-refractivity contribution is 5.82. The van der Waals surface area contributed by atoms with Gasteiger partial charge in [0.05, 0.1) is 0 Å². The lowest BCUT2D eigenvalue weighted by molar-refractivity contribution is -0.127. The number of ketones is 1. The molecule has 1 aliphatic heterocycles. The molecule has 0 spiro atoms. The first-order valence-electron chi connectivity index (χ1n) is 8.92. The molecule has 0 bridgehead atoms. The monoisotopic (exact) mass is 293 g/mol. The van der Waals surface area contributed by atoms with Crippen molar-refractivity contribution >= 4 is 5.78 Å². The van der Waals surface area contributed by atoms with Crippen molar-refractivity contribution in [1.82, 2.24) is 4.90 Å². The number of rotatable bonds is 2. The van der Waals surface area contributed by atoms with Crippen LogP contribution in [0.3, 0.4) is 0 Å². The van der Waals surface area contributed by atoms with Crippen LogP contribution in [0.4, 0.5) is 0 Å². The van der Waals surface area contributed by atoms with Gasteiger partial charge in [0.15, 0.2) is 0 Å². The van der Waals surface area contributed by atoms with Crippen LogP contribution in [0.15, 0.2) is 0 Å². The average molecular weight is 293 g/mol. The normalized spacial score (nSPS) is 32.0. The van der Waals surface area contributed by atoms with Crippen LogP contribution in [0.25, 0.3) is 0 Å². The van der Waals surface area contributed by atoms with Crippen molar-refractivity contribution in [2.45, 2.75) is 73.1 Å². The van der Waals surface area contributed by atoms with Crippen LogP contribution in [0.1, 0.15) is 73.1 Å². The summed E-state index contributed by atoms with van der Waals surface area (Å²) >= 11 is 0. The van der Waals surface area contributed by atoms with Crippen molar-refractivity contribution in [3.8, 4) is 0 Å². The van der Waals surface area contributed by atoms with Gasteiger partial charge in [-0.15, -0.1) is 0 Å². The van der Waals surface area contributed by atoms with Crippen molar-refractivity contribution < 1.29 is 4.79 Å². The number of nitrogens with zero attached hydrogens (tertiary/aromatic N) is 1. The molecule has 2 heteroatoms. The summed E-state index contributed by atoms with van der Waals surface area (Å²) in [4.78, 5) is 14.8. The Morgan fingerprint density at radius 2 is 1.90 bits per heavy atom. The highest BCUT2D eigenvalue weighted by Gasteiger charge is 2.35. The molecular formula is C19H35NO. The van der Waals surface area contributed by atoms with Crippen LogP contribution in [-0.2, 0) is 4.79 Å². The summed E-state index contributed by atoms with van der Waals surface area (Å²) in [5.41, 5.74) is 0.789. The molecule has 1 saturated carbocycles. The Morgan fingerprint density at radius 1 is 1.19 bits per heavy atom. The van der Waals surface area contributed by atoms with E-state index in [1.165, 1.54) is 32.4 Å². The molecule has 2 aliphatic rings. The average Bonchev–Trinajstić information content (AvgIpc) is 2.59. The number of carbonyl (C=O) groups is 1. The van der Waals surface area contributed by atoms with Crippen molar-refractivity contribution in [2.75, 3.05) is 19.6 Å². The Balaban J connectivity index is 1.90. The summed E-state index contributed by atoms with van der Waals surface area (Å²) in [6.45, 7) is 15.2. The molecule has 0 aromatic rings. The van der Waals surface area contributed by atoms with E-state index in [-0.39, 0.29) is 0 Å². The second-order valence-corrected chi connectivity index (χ2v) is 9.33. The fourth-order valence-corrected chi connectivity index (χ4v) is 4.23. The van der Waals surface area contributed by atoms with Gasteiger partial charge >= 0.3 is 0 Å². The molecule has 2 unspecified atom stereocenters. The van der Waals surface area contributed by atoms with E-state index in [2.05, 4.69) is 39.5 Å². The van der Waals surface area contributed by atoms with E-state index < -0.39 is 0 Å². The van der Waals surface area contributed by atoms with Gasteiger partial charge < -0.3 is 4.90 Å². The molecular weight excluding hydrogens is 258 g/mol. The molecule has 1 saturated heterocycles. The maximum atomic E-state index is 12.2. The molecule has 0 aromatic carbocycles. The number of Topliss-reactive ketones (excluding diaryl/α,β-unsaturated/α-hetero) is 1. The van der Waals surface area contributed by atoms with Gasteiger partial charge in [0.25, 0.3) is 0 Å². The Morgan fingerprint density at radius 3 is 2.57 bits per heavy atom. The predicted molar refractivity (Wildman–Crippen MR) is 89.4 cm³/mol. The number of hydrogen-bond acceptors (Lipinski definition) is 2. The number of likely N-dealkylation sites (tertiary alicyclic amines) is 1. The van der Waals surface area contributed by atoms with Gasteiger partial charge in [-0.2, -0.15) is 0 Å². The summed E-state index contributed by atoms with van der Waals surface area (Å²) in [7, 11) is 0. The molecule has 21 heavy (non-hydrogen) atoms. The zero-order valence-corrected chi connectivity index (χ0v) is 14.9. The molecule has 2 rings (SSSR count). The van der Waals surface area contributed by atoms with E-state index in [9.17, 15) is 4.79 Å². The van der Waals surface area contributed by atoms with Gasteiger partial charge in [-0.25, -0.2) is 0 Å². The van der Waals surface area contributed by atoms with E-state index in [1.54, 1.807) is 0 Å². The summed E-state index contributed by atoms with van der Waals surface area (Å²) in [6.07, 6.45) is 6.92. The highest BCUT2D eigenvalue weighted by atomic mass is 16.1. The van der Waals surface area contributed by atoms with E-state index in [1.807, 2.05) is 0 Å². The van der Waals surface area contributed by atoms with Crippen LogP contribution in [0, 0.1) is 22.7 Å². The quantitative estimate of drug-likeness (QED) is 0.745. The van der Waals surface area contributed by atoms with Crippen LogP contribution in [-0.4, -0.2) is 30.3 Å².